The SMILES string of the molecule is CCCCOc1cccc(-c2cccc3c(C(=O)NCC4CCC(=O)N4)cccc23)c1. The van der Waals surface area contributed by atoms with Gasteiger partial charge in [0.1, 0.15) is 5.75 Å². The summed E-state index contributed by atoms with van der Waals surface area (Å²) < 4.78 is 5.88. The second kappa shape index (κ2) is 9.65. The number of rotatable bonds is 8. The quantitative estimate of drug-likeness (QED) is 0.523. The molecule has 1 aliphatic rings. The highest BCUT2D eigenvalue weighted by Gasteiger charge is 2.21. The van der Waals surface area contributed by atoms with Gasteiger partial charge in [0.2, 0.25) is 5.91 Å². The Kier molecular flexibility index (Phi) is 6.51. The number of nitrogens with one attached hydrogen (secondary N) is 2. The smallest absolute Gasteiger partial charge is 0.251 e. The Labute approximate surface area is 182 Å². The van der Waals surface area contributed by atoms with Crippen LogP contribution in [0.15, 0.2) is 60.7 Å². The van der Waals surface area contributed by atoms with Crippen LogP contribution >= 0.6 is 0 Å². The van der Waals surface area contributed by atoms with E-state index in [1.54, 1.807) is 0 Å². The minimum absolute atomic E-state index is 0.0115. The number of carbonyl (C=O) groups is 2. The molecule has 2 N–H and O–H groups in total. The van der Waals surface area contributed by atoms with Crippen LogP contribution in [0.2, 0.25) is 0 Å². The Morgan fingerprint density at radius 1 is 1.10 bits per heavy atom. The van der Waals surface area contributed by atoms with Gasteiger partial charge in [-0.2, -0.15) is 0 Å². The first-order valence-corrected chi connectivity index (χ1v) is 11.0. The molecule has 1 saturated heterocycles. The van der Waals surface area contributed by atoms with E-state index in [1.807, 2.05) is 42.5 Å². The molecule has 1 atom stereocenters. The number of hydrogen-bond donors (Lipinski definition) is 2. The molecule has 1 aliphatic heterocycles. The van der Waals surface area contributed by atoms with Crippen LogP contribution in [0.25, 0.3) is 21.9 Å². The lowest BCUT2D eigenvalue weighted by Gasteiger charge is -2.14. The Hall–Kier alpha value is -3.34. The Morgan fingerprint density at radius 3 is 2.71 bits per heavy atom. The van der Waals surface area contributed by atoms with E-state index in [-0.39, 0.29) is 17.9 Å². The second-order valence-corrected chi connectivity index (χ2v) is 7.95. The number of hydrogen-bond acceptors (Lipinski definition) is 3. The van der Waals surface area contributed by atoms with E-state index in [0.29, 0.717) is 25.1 Å². The summed E-state index contributed by atoms with van der Waals surface area (Å²) in [4.78, 5) is 24.3. The molecule has 1 heterocycles. The summed E-state index contributed by atoms with van der Waals surface area (Å²) in [5, 5.41) is 7.79. The van der Waals surface area contributed by atoms with Crippen molar-refractivity contribution >= 4 is 22.6 Å². The summed E-state index contributed by atoms with van der Waals surface area (Å²) in [6.07, 6.45) is 3.41. The fourth-order valence-electron chi connectivity index (χ4n) is 3.99. The molecule has 4 rings (SSSR count). The summed E-state index contributed by atoms with van der Waals surface area (Å²) in [7, 11) is 0. The zero-order valence-electron chi connectivity index (χ0n) is 17.8. The minimum Gasteiger partial charge on any atom is -0.494 e. The first-order valence-electron chi connectivity index (χ1n) is 11.0. The summed E-state index contributed by atoms with van der Waals surface area (Å²) in [6, 6.07) is 20.0. The molecule has 0 spiro atoms. The lowest BCUT2D eigenvalue weighted by Crippen LogP contribution is -2.38. The van der Waals surface area contributed by atoms with Crippen molar-refractivity contribution in [2.45, 2.75) is 38.6 Å². The van der Waals surface area contributed by atoms with Gasteiger partial charge in [-0.1, -0.05) is 55.8 Å². The van der Waals surface area contributed by atoms with Crippen molar-refractivity contribution in [1.82, 2.24) is 10.6 Å². The molecule has 160 valence electrons. The number of amides is 2. The second-order valence-electron chi connectivity index (χ2n) is 7.95. The standard InChI is InChI=1S/C26H28N2O3/c1-2-3-15-31-20-8-4-7-18(16-20)21-9-5-11-23-22(21)10-6-12-24(23)26(30)27-17-19-13-14-25(29)28-19/h4-12,16,19H,2-3,13-15,17H2,1H3,(H,27,30)(H,28,29). The number of unbranched alkanes of at least 4 members (excludes halogenated alkanes) is 1. The lowest BCUT2D eigenvalue weighted by atomic mass is 9.95. The molecule has 5 nitrogen and oxygen atoms in total. The highest BCUT2D eigenvalue weighted by Crippen LogP contribution is 2.32. The zero-order chi connectivity index (χ0) is 21.6. The molecule has 3 aromatic carbocycles. The van der Waals surface area contributed by atoms with Crippen molar-refractivity contribution in [3.63, 3.8) is 0 Å². The van der Waals surface area contributed by atoms with Gasteiger partial charge in [-0.25, -0.2) is 0 Å². The van der Waals surface area contributed by atoms with Gasteiger partial charge in [0.15, 0.2) is 0 Å². The highest BCUT2D eigenvalue weighted by molar-refractivity contribution is 6.10. The molecule has 5 heteroatoms. The van der Waals surface area contributed by atoms with Crippen molar-refractivity contribution in [2.75, 3.05) is 13.2 Å². The summed E-state index contributed by atoms with van der Waals surface area (Å²) in [6.45, 7) is 3.30. The van der Waals surface area contributed by atoms with E-state index < -0.39 is 0 Å². The predicted octanol–water partition coefficient (Wildman–Crippen LogP) is 4.69. The zero-order valence-corrected chi connectivity index (χ0v) is 17.8. The molecule has 0 radical (unpaired) electrons. The topological polar surface area (TPSA) is 67.4 Å². The van der Waals surface area contributed by atoms with Gasteiger partial charge in [-0.15, -0.1) is 0 Å². The van der Waals surface area contributed by atoms with Crippen LogP contribution in [0.4, 0.5) is 0 Å². The number of fused-ring (bicyclic) bond motifs is 1. The summed E-state index contributed by atoms with van der Waals surface area (Å²) >= 11 is 0. The van der Waals surface area contributed by atoms with E-state index >= 15 is 0 Å². The molecule has 2 amide bonds. The first kappa shape index (κ1) is 20.9. The maximum Gasteiger partial charge on any atom is 0.251 e. The Bertz CT molecular complexity index is 1090. The van der Waals surface area contributed by atoms with E-state index in [0.717, 1.165) is 46.9 Å². The fraction of sp³-hybridized carbons (Fsp3) is 0.308. The van der Waals surface area contributed by atoms with Crippen molar-refractivity contribution in [2.24, 2.45) is 0 Å². The van der Waals surface area contributed by atoms with Gasteiger partial charge >= 0.3 is 0 Å². The van der Waals surface area contributed by atoms with E-state index in [9.17, 15) is 9.59 Å². The fourth-order valence-corrected chi connectivity index (χ4v) is 3.99. The molecule has 0 aromatic heterocycles. The molecule has 0 bridgehead atoms. The van der Waals surface area contributed by atoms with E-state index in [2.05, 4.69) is 35.8 Å². The molecule has 1 fully saturated rings. The Morgan fingerprint density at radius 2 is 1.90 bits per heavy atom. The third-order valence-electron chi connectivity index (χ3n) is 5.67. The van der Waals surface area contributed by atoms with Gasteiger partial charge in [0.05, 0.1) is 6.61 Å². The van der Waals surface area contributed by atoms with Crippen LogP contribution in [0.1, 0.15) is 43.0 Å². The van der Waals surface area contributed by atoms with Crippen molar-refractivity contribution in [1.29, 1.82) is 0 Å². The third kappa shape index (κ3) is 4.88. The maximum atomic E-state index is 12.9. The Balaban J connectivity index is 1.59. The van der Waals surface area contributed by atoms with Crippen LogP contribution in [-0.4, -0.2) is 31.0 Å². The highest BCUT2D eigenvalue weighted by atomic mass is 16.5. The predicted molar refractivity (Wildman–Crippen MR) is 123 cm³/mol. The summed E-state index contributed by atoms with van der Waals surface area (Å²) in [5.74, 6) is 0.783. The van der Waals surface area contributed by atoms with Gasteiger partial charge < -0.3 is 15.4 Å². The molecule has 0 aliphatic carbocycles. The molecule has 0 saturated carbocycles. The van der Waals surface area contributed by atoms with Crippen molar-refractivity contribution < 1.29 is 14.3 Å². The van der Waals surface area contributed by atoms with E-state index in [1.165, 1.54) is 0 Å². The van der Waals surface area contributed by atoms with Crippen molar-refractivity contribution in [3.8, 4) is 16.9 Å². The molecule has 31 heavy (non-hydrogen) atoms. The van der Waals surface area contributed by atoms with Gasteiger partial charge in [0, 0.05) is 24.6 Å². The average molecular weight is 417 g/mol. The number of benzene rings is 3. The molecular weight excluding hydrogens is 388 g/mol. The normalized spacial score (nSPS) is 15.6. The van der Waals surface area contributed by atoms with Crippen LogP contribution in [0.3, 0.4) is 0 Å². The lowest BCUT2D eigenvalue weighted by molar-refractivity contribution is -0.119. The third-order valence-corrected chi connectivity index (χ3v) is 5.67. The van der Waals surface area contributed by atoms with Gasteiger partial charge in [-0.3, -0.25) is 9.59 Å². The summed E-state index contributed by atoms with van der Waals surface area (Å²) in [5.41, 5.74) is 2.76. The average Bonchev–Trinajstić information content (AvgIpc) is 3.22. The van der Waals surface area contributed by atoms with Crippen LogP contribution in [0.5, 0.6) is 5.75 Å². The first-order chi connectivity index (χ1) is 15.2. The minimum atomic E-state index is -0.124. The van der Waals surface area contributed by atoms with Crippen LogP contribution in [0, 0.1) is 0 Å². The molecule has 1 unspecified atom stereocenters. The van der Waals surface area contributed by atoms with Gasteiger partial charge in [0.25, 0.3) is 5.91 Å². The monoisotopic (exact) mass is 416 g/mol. The molecule has 3 aromatic rings. The number of ether oxygens (including phenoxy) is 1. The largest absolute Gasteiger partial charge is 0.494 e. The van der Waals surface area contributed by atoms with Crippen molar-refractivity contribution in [3.05, 3.63) is 66.2 Å². The van der Waals surface area contributed by atoms with Crippen LogP contribution < -0.4 is 15.4 Å². The van der Waals surface area contributed by atoms with Crippen LogP contribution in [-0.2, 0) is 4.79 Å². The molecular formula is C26H28N2O3. The maximum absolute atomic E-state index is 12.9. The van der Waals surface area contributed by atoms with E-state index in [4.69, 9.17) is 4.74 Å². The number of carbonyl (C=O) groups excluding carboxylic acids is 2. The van der Waals surface area contributed by atoms with Gasteiger partial charge in [-0.05, 0) is 52.9 Å².